The van der Waals surface area contributed by atoms with Crippen LogP contribution in [0.1, 0.15) is 55.6 Å². The monoisotopic (exact) mass is 293 g/mol. The molecule has 21 heavy (non-hydrogen) atoms. The molecule has 1 heterocycles. The Bertz CT molecular complexity index is 560. The van der Waals surface area contributed by atoms with Gasteiger partial charge in [0.1, 0.15) is 6.54 Å². The lowest BCUT2D eigenvalue weighted by Gasteiger charge is -2.11. The molecule has 5 nitrogen and oxygen atoms in total. The van der Waals surface area contributed by atoms with Gasteiger partial charge in [-0.05, 0) is 32.4 Å². The van der Waals surface area contributed by atoms with E-state index in [0.29, 0.717) is 12.3 Å². The molecule has 5 heteroatoms. The maximum absolute atomic E-state index is 12.1. The Morgan fingerprint density at radius 1 is 1.19 bits per heavy atom. The van der Waals surface area contributed by atoms with Gasteiger partial charge in [-0.2, -0.15) is 0 Å². The summed E-state index contributed by atoms with van der Waals surface area (Å²) in [6.07, 6.45) is 4.11. The van der Waals surface area contributed by atoms with E-state index in [1.54, 1.807) is 13.0 Å². The minimum atomic E-state index is -0.447. The van der Waals surface area contributed by atoms with Gasteiger partial charge in [0.15, 0.2) is 5.78 Å². The number of carbonyl (C=O) groups is 2. The molecule has 0 N–H and O–H groups in total. The highest BCUT2D eigenvalue weighted by Gasteiger charge is 2.13. The highest BCUT2D eigenvalue weighted by Crippen LogP contribution is 2.02. The SMILES string of the molecule is CCCCCCOC(=O)Cn1c(C)ccc(C(C)=O)c1=O. The summed E-state index contributed by atoms with van der Waals surface area (Å²) in [5.41, 5.74) is 0.287. The zero-order valence-corrected chi connectivity index (χ0v) is 13.0. The van der Waals surface area contributed by atoms with Crippen LogP contribution in [0.3, 0.4) is 0 Å². The van der Waals surface area contributed by atoms with Crippen molar-refractivity contribution in [3.63, 3.8) is 0 Å². The highest BCUT2D eigenvalue weighted by atomic mass is 16.5. The van der Waals surface area contributed by atoms with E-state index in [0.717, 1.165) is 25.7 Å². The Labute approximate surface area is 124 Å². The van der Waals surface area contributed by atoms with Gasteiger partial charge in [0.05, 0.1) is 12.2 Å². The molecule has 1 aromatic rings. The summed E-state index contributed by atoms with van der Waals surface area (Å²) in [5.74, 6) is -0.751. The molecular formula is C16H23NO4. The lowest BCUT2D eigenvalue weighted by molar-refractivity contribution is -0.144. The van der Waals surface area contributed by atoms with Crippen molar-refractivity contribution in [2.75, 3.05) is 6.61 Å². The minimum absolute atomic E-state index is 0.0938. The standard InChI is InChI=1S/C16H23NO4/c1-4-5-6-7-10-21-15(19)11-17-12(2)8-9-14(13(3)18)16(17)20/h8-9H,4-7,10-11H2,1-3H3. The molecule has 0 radical (unpaired) electrons. The fraction of sp³-hybridized carbons (Fsp3) is 0.562. The van der Waals surface area contributed by atoms with Crippen molar-refractivity contribution < 1.29 is 14.3 Å². The third kappa shape index (κ3) is 5.17. The van der Waals surface area contributed by atoms with Crippen LogP contribution in [0.2, 0.25) is 0 Å². The summed E-state index contributed by atoms with van der Waals surface area (Å²) in [6.45, 7) is 5.39. The molecule has 116 valence electrons. The van der Waals surface area contributed by atoms with Gasteiger partial charge in [0.25, 0.3) is 5.56 Å². The van der Waals surface area contributed by atoms with Crippen LogP contribution in [0.15, 0.2) is 16.9 Å². The minimum Gasteiger partial charge on any atom is -0.464 e. The summed E-state index contributed by atoms with van der Waals surface area (Å²) in [6, 6.07) is 3.15. The third-order valence-corrected chi connectivity index (χ3v) is 3.32. The molecule has 0 fully saturated rings. The van der Waals surface area contributed by atoms with E-state index in [1.807, 2.05) is 0 Å². The van der Waals surface area contributed by atoms with E-state index < -0.39 is 11.5 Å². The van der Waals surface area contributed by atoms with E-state index in [9.17, 15) is 14.4 Å². The van der Waals surface area contributed by atoms with Gasteiger partial charge >= 0.3 is 5.97 Å². The number of ether oxygens (including phenoxy) is 1. The normalized spacial score (nSPS) is 10.4. The van der Waals surface area contributed by atoms with Crippen molar-refractivity contribution >= 4 is 11.8 Å². The van der Waals surface area contributed by atoms with Gasteiger partial charge in [-0.25, -0.2) is 0 Å². The van der Waals surface area contributed by atoms with E-state index in [2.05, 4.69) is 6.92 Å². The zero-order valence-electron chi connectivity index (χ0n) is 13.0. The second-order valence-electron chi connectivity index (χ2n) is 5.12. The van der Waals surface area contributed by atoms with E-state index in [-0.39, 0.29) is 17.9 Å². The average Bonchev–Trinajstić information content (AvgIpc) is 2.42. The Morgan fingerprint density at radius 2 is 1.90 bits per heavy atom. The maximum Gasteiger partial charge on any atom is 0.326 e. The predicted molar refractivity (Wildman–Crippen MR) is 80.5 cm³/mol. The molecule has 0 aromatic carbocycles. The van der Waals surface area contributed by atoms with Crippen LogP contribution < -0.4 is 5.56 Å². The summed E-state index contributed by atoms with van der Waals surface area (Å²) in [4.78, 5) is 35.2. The van der Waals surface area contributed by atoms with Gasteiger partial charge in [-0.3, -0.25) is 14.4 Å². The van der Waals surface area contributed by atoms with Crippen LogP contribution in [0.5, 0.6) is 0 Å². The van der Waals surface area contributed by atoms with Gasteiger partial charge in [-0.1, -0.05) is 26.2 Å². The van der Waals surface area contributed by atoms with Crippen LogP contribution in [-0.4, -0.2) is 22.9 Å². The Hall–Kier alpha value is -1.91. The molecule has 0 unspecified atom stereocenters. The molecule has 0 saturated heterocycles. The topological polar surface area (TPSA) is 65.4 Å². The molecular weight excluding hydrogens is 270 g/mol. The van der Waals surface area contributed by atoms with Crippen molar-refractivity contribution in [2.45, 2.75) is 53.0 Å². The van der Waals surface area contributed by atoms with Crippen LogP contribution in [-0.2, 0) is 16.1 Å². The molecule has 0 spiro atoms. The second-order valence-corrected chi connectivity index (χ2v) is 5.12. The fourth-order valence-corrected chi connectivity index (χ4v) is 2.02. The number of pyridine rings is 1. The van der Waals surface area contributed by atoms with E-state index in [4.69, 9.17) is 4.74 Å². The van der Waals surface area contributed by atoms with Crippen LogP contribution in [0, 0.1) is 6.92 Å². The van der Waals surface area contributed by atoms with Crippen molar-refractivity contribution in [1.82, 2.24) is 4.57 Å². The molecule has 1 rings (SSSR count). The zero-order chi connectivity index (χ0) is 15.8. The molecule has 0 saturated carbocycles. The molecule has 0 amide bonds. The van der Waals surface area contributed by atoms with Gasteiger partial charge < -0.3 is 9.30 Å². The highest BCUT2D eigenvalue weighted by molar-refractivity contribution is 5.93. The Kier molecular flexibility index (Phi) is 6.85. The number of aryl methyl sites for hydroxylation is 1. The number of aromatic nitrogens is 1. The van der Waals surface area contributed by atoms with Crippen LogP contribution in [0.25, 0.3) is 0 Å². The predicted octanol–water partition coefficient (Wildman–Crippen LogP) is 2.48. The molecule has 0 atom stereocenters. The lowest BCUT2D eigenvalue weighted by atomic mass is 10.2. The first-order valence-corrected chi connectivity index (χ1v) is 7.34. The van der Waals surface area contributed by atoms with Gasteiger partial charge in [-0.15, -0.1) is 0 Å². The molecule has 0 aliphatic heterocycles. The number of hydrogen-bond acceptors (Lipinski definition) is 4. The summed E-state index contributed by atoms with van der Waals surface area (Å²) < 4.78 is 6.40. The number of hydrogen-bond donors (Lipinski definition) is 0. The molecule has 0 bridgehead atoms. The smallest absolute Gasteiger partial charge is 0.326 e. The van der Waals surface area contributed by atoms with Crippen molar-refractivity contribution in [3.05, 3.63) is 33.7 Å². The van der Waals surface area contributed by atoms with Crippen LogP contribution >= 0.6 is 0 Å². The summed E-state index contributed by atoms with van der Waals surface area (Å²) >= 11 is 0. The number of nitrogens with zero attached hydrogens (tertiary/aromatic N) is 1. The number of ketones is 1. The molecule has 0 aliphatic carbocycles. The van der Waals surface area contributed by atoms with E-state index >= 15 is 0 Å². The van der Waals surface area contributed by atoms with Crippen LogP contribution in [0.4, 0.5) is 0 Å². The van der Waals surface area contributed by atoms with Gasteiger partial charge in [0, 0.05) is 5.69 Å². The number of Topliss-reactive ketones (excluding diaryl/α,β-unsaturated/α-hetero) is 1. The first-order chi connectivity index (χ1) is 9.97. The first kappa shape index (κ1) is 17.1. The van der Waals surface area contributed by atoms with Crippen molar-refractivity contribution in [1.29, 1.82) is 0 Å². The third-order valence-electron chi connectivity index (χ3n) is 3.32. The average molecular weight is 293 g/mol. The number of esters is 1. The van der Waals surface area contributed by atoms with Crippen molar-refractivity contribution in [3.8, 4) is 0 Å². The maximum atomic E-state index is 12.1. The fourth-order valence-electron chi connectivity index (χ4n) is 2.02. The van der Waals surface area contributed by atoms with Gasteiger partial charge in [0.2, 0.25) is 0 Å². The summed E-state index contributed by atoms with van der Waals surface area (Å²) in [5, 5.41) is 0. The molecule has 1 aromatic heterocycles. The van der Waals surface area contributed by atoms with E-state index in [1.165, 1.54) is 17.6 Å². The first-order valence-electron chi connectivity index (χ1n) is 7.34. The second kappa shape index (κ2) is 8.39. The Balaban J connectivity index is 2.66. The number of carbonyl (C=O) groups excluding carboxylic acids is 2. The number of unbranched alkanes of at least 4 members (excludes halogenated alkanes) is 3. The van der Waals surface area contributed by atoms with Crippen molar-refractivity contribution in [2.24, 2.45) is 0 Å². The lowest BCUT2D eigenvalue weighted by Crippen LogP contribution is -2.30. The molecule has 0 aliphatic rings. The Morgan fingerprint density at radius 3 is 2.52 bits per heavy atom. The quantitative estimate of drug-likeness (QED) is 0.419. The number of rotatable bonds is 8. The largest absolute Gasteiger partial charge is 0.464 e. The summed E-state index contributed by atoms with van der Waals surface area (Å²) in [7, 11) is 0.